The number of carbonyl (C=O) groups excluding carboxylic acids is 1. The summed E-state index contributed by atoms with van der Waals surface area (Å²) in [6, 6.07) is 20.6. The Kier molecular flexibility index (Phi) is 11.2. The van der Waals surface area contributed by atoms with E-state index in [1.54, 1.807) is 7.11 Å². The SMILES string of the molecule is [C-]#[N+]c1cc(CN2CC[C@@H](C(=O)OC)C2)cc2nc(-c3cccc(-c4cccc(/C=C/c5cc(OC)c(CN[C@@H](C)CO)cc5C)c4C)c3C)oc12. The number of methoxy groups -OCH3 is 2. The quantitative estimate of drug-likeness (QED) is 0.0763. The third-order valence-electron chi connectivity index (χ3n) is 10.1. The second-order valence-electron chi connectivity index (χ2n) is 13.7. The molecule has 1 fully saturated rings. The van der Waals surface area contributed by atoms with Gasteiger partial charge >= 0.3 is 5.97 Å². The summed E-state index contributed by atoms with van der Waals surface area (Å²) in [5.41, 5.74) is 12.1. The van der Waals surface area contributed by atoms with Crippen molar-refractivity contribution in [3.8, 4) is 28.3 Å². The molecule has 1 aliphatic heterocycles. The van der Waals surface area contributed by atoms with Gasteiger partial charge in [-0.1, -0.05) is 48.6 Å². The van der Waals surface area contributed by atoms with Crippen molar-refractivity contribution in [3.63, 3.8) is 0 Å². The maximum absolute atomic E-state index is 12.0. The number of esters is 1. The number of nitrogens with zero attached hydrogens (tertiary/aromatic N) is 3. The molecule has 9 nitrogen and oxygen atoms in total. The highest BCUT2D eigenvalue weighted by Gasteiger charge is 2.29. The second-order valence-corrected chi connectivity index (χ2v) is 13.7. The lowest BCUT2D eigenvalue weighted by molar-refractivity contribution is -0.144. The molecule has 0 spiro atoms. The second kappa shape index (κ2) is 16.0. The van der Waals surface area contributed by atoms with Crippen LogP contribution in [0.4, 0.5) is 5.69 Å². The molecule has 0 saturated carbocycles. The van der Waals surface area contributed by atoms with Gasteiger partial charge in [0, 0.05) is 36.8 Å². The molecule has 0 radical (unpaired) electrons. The Morgan fingerprint density at radius 2 is 1.79 bits per heavy atom. The van der Waals surface area contributed by atoms with E-state index in [0.717, 1.165) is 74.3 Å². The third kappa shape index (κ3) is 7.65. The Morgan fingerprint density at radius 1 is 1.06 bits per heavy atom. The first-order chi connectivity index (χ1) is 25.1. The molecule has 1 saturated heterocycles. The summed E-state index contributed by atoms with van der Waals surface area (Å²) in [6.07, 6.45) is 5.04. The Morgan fingerprint density at radius 3 is 2.52 bits per heavy atom. The first-order valence-corrected chi connectivity index (χ1v) is 17.6. The van der Waals surface area contributed by atoms with Crippen LogP contribution in [0.2, 0.25) is 0 Å². The zero-order valence-electron chi connectivity index (χ0n) is 30.7. The fourth-order valence-corrected chi connectivity index (χ4v) is 7.04. The van der Waals surface area contributed by atoms with E-state index < -0.39 is 0 Å². The number of hydrogen-bond donors (Lipinski definition) is 2. The first-order valence-electron chi connectivity index (χ1n) is 17.6. The zero-order valence-corrected chi connectivity index (χ0v) is 30.7. The number of aliphatic hydroxyl groups excluding tert-OH is 1. The molecule has 52 heavy (non-hydrogen) atoms. The molecule has 2 N–H and O–H groups in total. The monoisotopic (exact) mass is 698 g/mol. The molecule has 0 aliphatic carbocycles. The molecular formula is C43H46N4O5. The van der Waals surface area contributed by atoms with Crippen molar-refractivity contribution in [2.45, 2.75) is 53.2 Å². The largest absolute Gasteiger partial charge is 0.496 e. The van der Waals surface area contributed by atoms with Crippen LogP contribution < -0.4 is 10.1 Å². The maximum Gasteiger partial charge on any atom is 0.310 e. The van der Waals surface area contributed by atoms with Crippen LogP contribution in [0, 0.1) is 33.3 Å². The average molecular weight is 699 g/mol. The summed E-state index contributed by atoms with van der Waals surface area (Å²) < 4.78 is 17.0. The normalized spacial score (nSPS) is 15.3. The highest BCUT2D eigenvalue weighted by molar-refractivity contribution is 5.90. The van der Waals surface area contributed by atoms with Crippen LogP contribution in [0.15, 0.2) is 65.1 Å². The van der Waals surface area contributed by atoms with Crippen LogP contribution in [-0.4, -0.2) is 60.9 Å². The number of benzene rings is 4. The van der Waals surface area contributed by atoms with Crippen molar-refractivity contribution < 1.29 is 23.8 Å². The summed E-state index contributed by atoms with van der Waals surface area (Å²) >= 11 is 0. The predicted molar refractivity (Wildman–Crippen MR) is 206 cm³/mol. The Bertz CT molecular complexity index is 2180. The summed E-state index contributed by atoms with van der Waals surface area (Å²) in [4.78, 5) is 22.9. The molecule has 0 amide bonds. The van der Waals surface area contributed by atoms with Gasteiger partial charge in [0.2, 0.25) is 11.6 Å². The molecule has 2 atom stereocenters. The first kappa shape index (κ1) is 36.5. The molecule has 268 valence electrons. The lowest BCUT2D eigenvalue weighted by atomic mass is 9.91. The van der Waals surface area contributed by atoms with Gasteiger partial charge in [-0.15, -0.1) is 0 Å². The minimum atomic E-state index is -0.173. The number of ether oxygens (including phenoxy) is 2. The average Bonchev–Trinajstić information content (AvgIpc) is 3.81. The fourth-order valence-electron chi connectivity index (χ4n) is 7.04. The molecule has 1 aromatic heterocycles. The number of nitrogens with one attached hydrogen (secondary N) is 1. The van der Waals surface area contributed by atoms with Gasteiger partial charge in [0.05, 0.1) is 38.8 Å². The van der Waals surface area contributed by atoms with Crippen LogP contribution in [0.1, 0.15) is 52.3 Å². The van der Waals surface area contributed by atoms with E-state index in [4.69, 9.17) is 25.4 Å². The van der Waals surface area contributed by atoms with Gasteiger partial charge in [-0.25, -0.2) is 9.83 Å². The van der Waals surface area contributed by atoms with E-state index in [1.807, 2.05) is 31.2 Å². The minimum Gasteiger partial charge on any atom is -0.496 e. The standard InChI is InChI=1S/C43H46N4O5/c1-26-18-34(22-45-27(2)25-48)40(50-6)21-32(26)15-14-31-10-8-11-35(28(31)3)36-12-9-13-37(29(36)4)42-46-39-20-30(19-38(44-5)41(39)52-42)23-47-17-16-33(24-47)43(49)51-7/h8-15,18-21,27,33,45,48H,16-17,22-25H2,1-4,6-7H3/b15-14+/t27-,33+/m0/s1. The van der Waals surface area contributed by atoms with E-state index in [0.29, 0.717) is 42.3 Å². The number of aliphatic hydroxyl groups is 1. The van der Waals surface area contributed by atoms with E-state index in [-0.39, 0.29) is 24.5 Å². The van der Waals surface area contributed by atoms with Gasteiger partial charge in [0.25, 0.3) is 0 Å². The lowest BCUT2D eigenvalue weighted by Crippen LogP contribution is -2.28. The van der Waals surface area contributed by atoms with E-state index in [1.165, 1.54) is 7.11 Å². The van der Waals surface area contributed by atoms with Crippen LogP contribution in [-0.2, 0) is 22.6 Å². The van der Waals surface area contributed by atoms with E-state index >= 15 is 0 Å². The highest BCUT2D eigenvalue weighted by Crippen LogP contribution is 2.38. The Labute approximate surface area is 305 Å². The number of aryl methyl sites for hydroxylation is 1. The number of hydrogen-bond acceptors (Lipinski definition) is 8. The summed E-state index contributed by atoms with van der Waals surface area (Å²) in [7, 11) is 3.11. The smallest absolute Gasteiger partial charge is 0.310 e. The van der Waals surface area contributed by atoms with Crippen molar-refractivity contribution >= 4 is 34.9 Å². The topological polar surface area (TPSA) is 101 Å². The minimum absolute atomic E-state index is 0.000551. The fraction of sp³-hybridized carbons (Fsp3) is 0.326. The van der Waals surface area contributed by atoms with Gasteiger partial charge in [-0.3, -0.25) is 9.69 Å². The number of rotatable bonds is 12. The molecule has 4 aromatic carbocycles. The number of likely N-dealkylation sites (tertiary alicyclic amines) is 1. The van der Waals surface area contributed by atoms with Crippen molar-refractivity contribution in [2.75, 3.05) is 33.9 Å². The summed E-state index contributed by atoms with van der Waals surface area (Å²) in [6.45, 7) is 18.9. The summed E-state index contributed by atoms with van der Waals surface area (Å²) in [5.74, 6) is 0.990. The van der Waals surface area contributed by atoms with Crippen LogP contribution >= 0.6 is 0 Å². The van der Waals surface area contributed by atoms with E-state index in [9.17, 15) is 9.90 Å². The molecule has 9 heteroatoms. The molecule has 5 aromatic rings. The van der Waals surface area contributed by atoms with Crippen LogP contribution in [0.3, 0.4) is 0 Å². The molecular weight excluding hydrogens is 652 g/mol. The predicted octanol–water partition coefficient (Wildman–Crippen LogP) is 8.28. The molecule has 0 bridgehead atoms. The van der Waals surface area contributed by atoms with Gasteiger partial charge in [0.1, 0.15) is 5.75 Å². The summed E-state index contributed by atoms with van der Waals surface area (Å²) in [5, 5.41) is 12.7. The lowest BCUT2D eigenvalue weighted by Gasteiger charge is -2.16. The van der Waals surface area contributed by atoms with Crippen LogP contribution in [0.25, 0.3) is 50.7 Å². The van der Waals surface area contributed by atoms with Gasteiger partial charge in [-0.05, 0) is 109 Å². The molecule has 2 heterocycles. The number of carbonyl (C=O) groups is 1. The van der Waals surface area contributed by atoms with Gasteiger partial charge < -0.3 is 24.3 Å². The highest BCUT2D eigenvalue weighted by atomic mass is 16.5. The van der Waals surface area contributed by atoms with Gasteiger partial charge in [0.15, 0.2) is 5.58 Å². The zero-order chi connectivity index (χ0) is 36.9. The molecule has 6 rings (SSSR count). The number of fused-ring (bicyclic) bond motifs is 1. The Hall–Kier alpha value is -5.27. The van der Waals surface area contributed by atoms with Crippen molar-refractivity contribution in [2.24, 2.45) is 5.92 Å². The number of oxazole rings is 1. The Balaban J connectivity index is 1.27. The maximum atomic E-state index is 12.0. The molecule has 0 unspecified atom stereocenters. The van der Waals surface area contributed by atoms with Crippen molar-refractivity contribution in [3.05, 3.63) is 111 Å². The van der Waals surface area contributed by atoms with Gasteiger partial charge in [-0.2, -0.15) is 0 Å². The van der Waals surface area contributed by atoms with E-state index in [2.05, 4.69) is 84.4 Å². The molecule has 1 aliphatic rings. The van der Waals surface area contributed by atoms with Crippen LogP contribution in [0.5, 0.6) is 5.75 Å². The van der Waals surface area contributed by atoms with Crippen molar-refractivity contribution in [1.82, 2.24) is 15.2 Å². The van der Waals surface area contributed by atoms with Crippen molar-refractivity contribution in [1.29, 1.82) is 0 Å². The number of aromatic nitrogens is 1. The third-order valence-corrected chi connectivity index (χ3v) is 10.1.